The number of esters is 1. The summed E-state index contributed by atoms with van der Waals surface area (Å²) in [5, 5.41) is 0. The summed E-state index contributed by atoms with van der Waals surface area (Å²) in [4.78, 5) is 15.8. The molecule has 0 saturated carbocycles. The van der Waals surface area contributed by atoms with E-state index in [2.05, 4.69) is 4.98 Å². The van der Waals surface area contributed by atoms with E-state index in [0.29, 0.717) is 18.8 Å². The van der Waals surface area contributed by atoms with Crippen molar-refractivity contribution in [1.29, 1.82) is 0 Å². The van der Waals surface area contributed by atoms with E-state index in [9.17, 15) is 4.79 Å². The number of benzene rings is 1. The molecule has 0 N–H and O–H groups in total. The molecule has 2 aromatic rings. The average Bonchev–Trinajstić information content (AvgIpc) is 3.19. The van der Waals surface area contributed by atoms with Gasteiger partial charge in [-0.25, -0.2) is 9.78 Å². The average molecular weight is 302 g/mol. The molecular weight excluding hydrogens is 288 g/mol. The monoisotopic (exact) mass is 302 g/mol. The number of methoxy groups -OCH3 is 1. The van der Waals surface area contributed by atoms with Crippen LogP contribution in [0.1, 0.15) is 27.8 Å². The molecule has 3 heterocycles. The normalized spacial score (nSPS) is 18.9. The van der Waals surface area contributed by atoms with Crippen LogP contribution in [0.5, 0.6) is 11.5 Å². The molecule has 0 amide bonds. The molecule has 0 bridgehead atoms. The van der Waals surface area contributed by atoms with E-state index in [4.69, 9.17) is 18.9 Å². The van der Waals surface area contributed by atoms with E-state index in [1.807, 2.05) is 22.8 Å². The predicted octanol–water partition coefficient (Wildman–Crippen LogP) is 1.67. The Labute approximate surface area is 126 Å². The van der Waals surface area contributed by atoms with Gasteiger partial charge in [-0.3, -0.25) is 0 Å². The summed E-state index contributed by atoms with van der Waals surface area (Å²) in [5.74, 6) is 1.03. The molecule has 1 aromatic heterocycles. The number of nitrogens with zero attached hydrogens (tertiary/aromatic N) is 2. The maximum Gasteiger partial charge on any atom is 0.358 e. The van der Waals surface area contributed by atoms with Crippen molar-refractivity contribution in [2.75, 3.05) is 13.9 Å². The Morgan fingerprint density at radius 2 is 2.23 bits per heavy atom. The lowest BCUT2D eigenvalue weighted by molar-refractivity contribution is 0.00194. The second-order valence-corrected chi connectivity index (χ2v) is 5.10. The predicted molar refractivity (Wildman–Crippen MR) is 73.7 cm³/mol. The Bertz CT molecular complexity index is 740. The van der Waals surface area contributed by atoms with Gasteiger partial charge in [0.1, 0.15) is 6.10 Å². The summed E-state index contributed by atoms with van der Waals surface area (Å²) in [6.45, 7) is 1.14. The van der Waals surface area contributed by atoms with Crippen molar-refractivity contribution in [2.24, 2.45) is 0 Å². The van der Waals surface area contributed by atoms with Crippen molar-refractivity contribution in [3.8, 4) is 11.5 Å². The highest BCUT2D eigenvalue weighted by atomic mass is 16.7. The molecule has 114 valence electrons. The standard InChI is InChI=1S/C15H14N2O5/c1-19-15(18)14-10-6-20-13(5-17(10)7-16-14)9-2-3-11-12(4-9)22-8-21-11/h2-4,7,13H,5-6,8H2,1H3/t13-/m1/s1. The van der Waals surface area contributed by atoms with E-state index >= 15 is 0 Å². The molecule has 0 spiro atoms. The molecule has 2 aliphatic heterocycles. The van der Waals surface area contributed by atoms with Crippen molar-refractivity contribution < 1.29 is 23.7 Å². The SMILES string of the molecule is COC(=O)c1ncn2c1CO[C@@H](c1ccc3c(c1)OCO3)C2. The molecule has 22 heavy (non-hydrogen) atoms. The number of ether oxygens (including phenoxy) is 4. The highest BCUT2D eigenvalue weighted by molar-refractivity contribution is 5.88. The Hall–Kier alpha value is -2.54. The highest BCUT2D eigenvalue weighted by Gasteiger charge is 2.27. The third-order valence-electron chi connectivity index (χ3n) is 3.88. The lowest BCUT2D eigenvalue weighted by Gasteiger charge is -2.25. The van der Waals surface area contributed by atoms with Gasteiger partial charge in [-0.2, -0.15) is 0 Å². The summed E-state index contributed by atoms with van der Waals surface area (Å²) in [5.41, 5.74) is 2.05. The fourth-order valence-corrected chi connectivity index (χ4v) is 2.71. The molecule has 0 saturated heterocycles. The second kappa shape index (κ2) is 5.03. The van der Waals surface area contributed by atoms with Crippen molar-refractivity contribution >= 4 is 5.97 Å². The molecule has 2 aliphatic rings. The summed E-state index contributed by atoms with van der Waals surface area (Å²) in [7, 11) is 1.34. The molecule has 7 heteroatoms. The molecular formula is C15H14N2O5. The first-order valence-corrected chi connectivity index (χ1v) is 6.89. The van der Waals surface area contributed by atoms with Gasteiger partial charge < -0.3 is 23.5 Å². The van der Waals surface area contributed by atoms with E-state index in [-0.39, 0.29) is 12.9 Å². The van der Waals surface area contributed by atoms with Crippen molar-refractivity contribution in [1.82, 2.24) is 9.55 Å². The van der Waals surface area contributed by atoms with E-state index < -0.39 is 5.97 Å². The zero-order valence-corrected chi connectivity index (χ0v) is 11.9. The number of imidazole rings is 1. The van der Waals surface area contributed by atoms with Crippen LogP contribution in [-0.4, -0.2) is 29.4 Å². The molecule has 0 unspecified atom stereocenters. The molecule has 0 fully saturated rings. The number of fused-ring (bicyclic) bond motifs is 2. The third-order valence-corrected chi connectivity index (χ3v) is 3.88. The van der Waals surface area contributed by atoms with Gasteiger partial charge in [-0.15, -0.1) is 0 Å². The van der Waals surface area contributed by atoms with Gasteiger partial charge in [-0.1, -0.05) is 6.07 Å². The van der Waals surface area contributed by atoms with Crippen LogP contribution < -0.4 is 9.47 Å². The van der Waals surface area contributed by atoms with Crippen LogP contribution in [0.4, 0.5) is 0 Å². The summed E-state index contributed by atoms with van der Waals surface area (Å²) < 4.78 is 23.2. The minimum absolute atomic E-state index is 0.123. The number of carbonyl (C=O) groups excluding carboxylic acids is 1. The van der Waals surface area contributed by atoms with Crippen molar-refractivity contribution in [3.63, 3.8) is 0 Å². The van der Waals surface area contributed by atoms with E-state index in [0.717, 1.165) is 22.8 Å². The largest absolute Gasteiger partial charge is 0.464 e. The van der Waals surface area contributed by atoms with Crippen LogP contribution in [-0.2, 0) is 22.6 Å². The zero-order valence-electron chi connectivity index (χ0n) is 11.9. The number of rotatable bonds is 2. The quantitative estimate of drug-likeness (QED) is 0.786. The maximum absolute atomic E-state index is 11.6. The van der Waals surface area contributed by atoms with Gasteiger partial charge in [0, 0.05) is 0 Å². The Balaban J connectivity index is 1.60. The lowest BCUT2D eigenvalue weighted by atomic mass is 10.1. The van der Waals surface area contributed by atoms with Gasteiger partial charge in [0.25, 0.3) is 0 Å². The Morgan fingerprint density at radius 1 is 1.36 bits per heavy atom. The smallest absolute Gasteiger partial charge is 0.358 e. The molecule has 1 aromatic carbocycles. The maximum atomic E-state index is 11.6. The van der Waals surface area contributed by atoms with Crippen LogP contribution in [0.15, 0.2) is 24.5 Å². The first kappa shape index (κ1) is 13.1. The number of hydrogen-bond acceptors (Lipinski definition) is 6. The highest BCUT2D eigenvalue weighted by Crippen LogP contribution is 2.36. The summed E-state index contributed by atoms with van der Waals surface area (Å²) in [6.07, 6.45) is 1.52. The second-order valence-electron chi connectivity index (χ2n) is 5.10. The van der Waals surface area contributed by atoms with Gasteiger partial charge in [0.15, 0.2) is 17.2 Å². The molecule has 1 atom stereocenters. The summed E-state index contributed by atoms with van der Waals surface area (Å²) >= 11 is 0. The van der Waals surface area contributed by atoms with Crippen LogP contribution in [0.3, 0.4) is 0 Å². The first-order chi connectivity index (χ1) is 10.8. The van der Waals surface area contributed by atoms with Gasteiger partial charge in [0.2, 0.25) is 6.79 Å². The third kappa shape index (κ3) is 2.01. The van der Waals surface area contributed by atoms with Crippen molar-refractivity contribution in [3.05, 3.63) is 41.5 Å². The lowest BCUT2D eigenvalue weighted by Crippen LogP contribution is -2.22. The Kier molecular flexibility index (Phi) is 3.00. The number of hydrogen-bond donors (Lipinski definition) is 0. The Morgan fingerprint density at radius 3 is 3.09 bits per heavy atom. The van der Waals surface area contributed by atoms with Gasteiger partial charge >= 0.3 is 5.97 Å². The zero-order chi connectivity index (χ0) is 15.1. The summed E-state index contributed by atoms with van der Waals surface area (Å²) in [6, 6.07) is 5.77. The fourth-order valence-electron chi connectivity index (χ4n) is 2.71. The van der Waals surface area contributed by atoms with Crippen LogP contribution in [0, 0.1) is 0 Å². The van der Waals surface area contributed by atoms with Crippen molar-refractivity contribution in [2.45, 2.75) is 19.3 Å². The van der Waals surface area contributed by atoms with E-state index in [1.165, 1.54) is 7.11 Å². The number of carbonyl (C=O) groups is 1. The van der Waals surface area contributed by atoms with Gasteiger partial charge in [0.05, 0.1) is 32.3 Å². The molecule has 7 nitrogen and oxygen atoms in total. The molecule has 0 radical (unpaired) electrons. The minimum Gasteiger partial charge on any atom is -0.464 e. The van der Waals surface area contributed by atoms with Crippen LogP contribution >= 0.6 is 0 Å². The number of aromatic nitrogens is 2. The fraction of sp³-hybridized carbons (Fsp3) is 0.333. The van der Waals surface area contributed by atoms with Crippen LogP contribution in [0.25, 0.3) is 0 Å². The first-order valence-electron chi connectivity index (χ1n) is 6.89. The minimum atomic E-state index is -0.445. The van der Waals surface area contributed by atoms with Gasteiger partial charge in [-0.05, 0) is 17.7 Å². The topological polar surface area (TPSA) is 71.8 Å². The van der Waals surface area contributed by atoms with E-state index in [1.54, 1.807) is 6.33 Å². The van der Waals surface area contributed by atoms with Crippen LogP contribution in [0.2, 0.25) is 0 Å². The molecule has 0 aliphatic carbocycles. The molecule has 4 rings (SSSR count).